The molecule has 0 radical (unpaired) electrons. The lowest BCUT2D eigenvalue weighted by atomic mass is 10.0. The van der Waals surface area contributed by atoms with Gasteiger partial charge in [-0.15, -0.1) is 11.3 Å². The van der Waals surface area contributed by atoms with Crippen molar-refractivity contribution < 1.29 is 4.92 Å². The van der Waals surface area contributed by atoms with Crippen LogP contribution in [0.2, 0.25) is 5.02 Å². The molecule has 0 aliphatic rings. The summed E-state index contributed by atoms with van der Waals surface area (Å²) in [6.45, 7) is 1.95. The Morgan fingerprint density at radius 3 is 2.53 bits per heavy atom. The van der Waals surface area contributed by atoms with Gasteiger partial charge in [-0.1, -0.05) is 23.7 Å². The Morgan fingerprint density at radius 2 is 2.05 bits per heavy atom. The minimum atomic E-state index is -0.413. The van der Waals surface area contributed by atoms with E-state index in [9.17, 15) is 10.1 Å². The molecule has 0 amide bonds. The molecule has 1 atom stereocenters. The Kier molecular flexibility index (Phi) is 4.19. The summed E-state index contributed by atoms with van der Waals surface area (Å²) in [6, 6.07) is 6.25. The van der Waals surface area contributed by atoms with Gasteiger partial charge in [0.2, 0.25) is 0 Å². The van der Waals surface area contributed by atoms with Gasteiger partial charge in [0.1, 0.15) is 0 Å². The van der Waals surface area contributed by atoms with Crippen LogP contribution in [0.3, 0.4) is 0 Å². The molecular formula is C13H13ClN2O2S. The fourth-order valence-electron chi connectivity index (χ4n) is 1.80. The van der Waals surface area contributed by atoms with Crippen molar-refractivity contribution in [1.29, 1.82) is 0 Å². The minimum Gasteiger partial charge on any atom is -0.323 e. The second kappa shape index (κ2) is 5.69. The molecule has 0 aliphatic heterocycles. The summed E-state index contributed by atoms with van der Waals surface area (Å²) in [5.41, 5.74) is 8.20. The second-order valence-electron chi connectivity index (χ2n) is 4.33. The molecule has 0 saturated carbocycles. The molecule has 100 valence electrons. The highest BCUT2D eigenvalue weighted by atomic mass is 35.5. The summed E-state index contributed by atoms with van der Waals surface area (Å²) in [4.78, 5) is 11.1. The number of nitro groups is 1. The van der Waals surface area contributed by atoms with Gasteiger partial charge in [-0.3, -0.25) is 10.1 Å². The predicted octanol–water partition coefficient (Wildman–Crippen LogP) is 3.86. The number of hydrogen-bond donors (Lipinski definition) is 1. The number of rotatable bonds is 4. The van der Waals surface area contributed by atoms with Crippen molar-refractivity contribution in [2.24, 2.45) is 5.73 Å². The zero-order valence-electron chi connectivity index (χ0n) is 10.3. The van der Waals surface area contributed by atoms with Crippen LogP contribution < -0.4 is 5.73 Å². The van der Waals surface area contributed by atoms with E-state index in [0.29, 0.717) is 6.42 Å². The van der Waals surface area contributed by atoms with E-state index in [0.717, 1.165) is 21.0 Å². The first-order valence-electron chi connectivity index (χ1n) is 5.71. The van der Waals surface area contributed by atoms with Gasteiger partial charge in [0.15, 0.2) is 0 Å². The lowest BCUT2D eigenvalue weighted by molar-refractivity contribution is -0.384. The number of nitrogens with two attached hydrogens (primary N) is 1. The number of thiophene rings is 1. The van der Waals surface area contributed by atoms with Gasteiger partial charge >= 0.3 is 0 Å². The lowest BCUT2D eigenvalue weighted by Crippen LogP contribution is -2.12. The van der Waals surface area contributed by atoms with Crippen LogP contribution in [0.4, 0.5) is 5.69 Å². The van der Waals surface area contributed by atoms with Gasteiger partial charge < -0.3 is 5.73 Å². The summed E-state index contributed by atoms with van der Waals surface area (Å²) in [5.74, 6) is 0. The standard InChI is InChI=1S/C13H13ClN2O2S/c1-8-7-19-13(12(8)14)11(15)6-9-2-4-10(5-3-9)16(17)18/h2-5,7,11H,6,15H2,1H3. The van der Waals surface area contributed by atoms with Gasteiger partial charge in [0.25, 0.3) is 5.69 Å². The zero-order valence-corrected chi connectivity index (χ0v) is 11.9. The van der Waals surface area contributed by atoms with Crippen LogP contribution in [0, 0.1) is 17.0 Å². The number of halogens is 1. The molecule has 0 fully saturated rings. The summed E-state index contributed by atoms with van der Waals surface area (Å²) in [7, 11) is 0. The molecule has 0 bridgehead atoms. The third-order valence-electron chi connectivity index (χ3n) is 2.86. The summed E-state index contributed by atoms with van der Waals surface area (Å²) >= 11 is 7.72. The SMILES string of the molecule is Cc1csc(C(N)Cc2ccc([N+](=O)[O-])cc2)c1Cl. The van der Waals surface area contributed by atoms with E-state index in [1.165, 1.54) is 12.1 Å². The Hall–Kier alpha value is -1.43. The average Bonchev–Trinajstić information content (AvgIpc) is 2.70. The first kappa shape index (κ1) is 14.0. The van der Waals surface area contributed by atoms with Gasteiger partial charge in [-0.05, 0) is 29.9 Å². The number of hydrogen-bond acceptors (Lipinski definition) is 4. The fourth-order valence-corrected chi connectivity index (χ4v) is 3.14. The summed E-state index contributed by atoms with van der Waals surface area (Å²) in [5, 5.41) is 13.3. The Bertz CT molecular complexity index is 595. The molecule has 1 aromatic heterocycles. The van der Waals surface area contributed by atoms with E-state index < -0.39 is 4.92 Å². The number of non-ortho nitro benzene ring substituents is 1. The second-order valence-corrected chi connectivity index (χ2v) is 5.62. The third kappa shape index (κ3) is 3.12. The average molecular weight is 297 g/mol. The highest BCUT2D eigenvalue weighted by Gasteiger charge is 2.15. The van der Waals surface area contributed by atoms with Crippen molar-refractivity contribution in [3.63, 3.8) is 0 Å². The maximum Gasteiger partial charge on any atom is 0.269 e. The largest absolute Gasteiger partial charge is 0.323 e. The molecule has 2 aromatic rings. The van der Waals surface area contributed by atoms with Crippen LogP contribution in [-0.2, 0) is 6.42 Å². The topological polar surface area (TPSA) is 69.2 Å². The predicted molar refractivity (Wildman–Crippen MR) is 77.8 cm³/mol. The van der Waals surface area contributed by atoms with Crippen LogP contribution in [0.1, 0.15) is 22.0 Å². The number of nitrogens with zero attached hydrogens (tertiary/aromatic N) is 1. The minimum absolute atomic E-state index is 0.0855. The van der Waals surface area contributed by atoms with Gasteiger partial charge in [0, 0.05) is 23.1 Å². The fraction of sp³-hybridized carbons (Fsp3) is 0.231. The molecular weight excluding hydrogens is 284 g/mol. The van der Waals surface area contributed by atoms with E-state index in [4.69, 9.17) is 17.3 Å². The molecule has 0 saturated heterocycles. The van der Waals surface area contributed by atoms with E-state index in [2.05, 4.69) is 0 Å². The highest BCUT2D eigenvalue weighted by molar-refractivity contribution is 7.10. The smallest absolute Gasteiger partial charge is 0.269 e. The van der Waals surface area contributed by atoms with Gasteiger partial charge in [-0.2, -0.15) is 0 Å². The molecule has 1 heterocycles. The third-order valence-corrected chi connectivity index (χ3v) is 4.71. The first-order valence-corrected chi connectivity index (χ1v) is 6.97. The van der Waals surface area contributed by atoms with Crippen LogP contribution in [0.5, 0.6) is 0 Å². The monoisotopic (exact) mass is 296 g/mol. The van der Waals surface area contributed by atoms with Gasteiger partial charge in [-0.25, -0.2) is 0 Å². The van der Waals surface area contributed by atoms with E-state index >= 15 is 0 Å². The number of benzene rings is 1. The van der Waals surface area contributed by atoms with E-state index in [1.807, 2.05) is 12.3 Å². The first-order chi connectivity index (χ1) is 8.99. The van der Waals surface area contributed by atoms with E-state index in [1.54, 1.807) is 23.5 Å². The summed E-state index contributed by atoms with van der Waals surface area (Å²) < 4.78 is 0. The Morgan fingerprint density at radius 1 is 1.42 bits per heavy atom. The van der Waals surface area contributed by atoms with Crippen molar-refractivity contribution in [3.8, 4) is 0 Å². The van der Waals surface area contributed by atoms with E-state index in [-0.39, 0.29) is 11.7 Å². The summed E-state index contributed by atoms with van der Waals surface area (Å²) in [6.07, 6.45) is 0.609. The molecule has 0 spiro atoms. The maximum atomic E-state index is 10.6. The van der Waals surface area contributed by atoms with Gasteiger partial charge in [0.05, 0.1) is 9.95 Å². The highest BCUT2D eigenvalue weighted by Crippen LogP contribution is 2.32. The normalized spacial score (nSPS) is 12.4. The molecule has 1 unspecified atom stereocenters. The van der Waals surface area contributed by atoms with Crippen molar-refractivity contribution in [2.45, 2.75) is 19.4 Å². The van der Waals surface area contributed by atoms with Crippen molar-refractivity contribution >= 4 is 28.6 Å². The molecule has 2 N–H and O–H groups in total. The number of aryl methyl sites for hydroxylation is 1. The van der Waals surface area contributed by atoms with Crippen LogP contribution >= 0.6 is 22.9 Å². The van der Waals surface area contributed by atoms with Crippen molar-refractivity contribution in [3.05, 3.63) is 60.8 Å². The quantitative estimate of drug-likeness (QED) is 0.688. The Labute approximate surface area is 120 Å². The molecule has 19 heavy (non-hydrogen) atoms. The lowest BCUT2D eigenvalue weighted by Gasteiger charge is -2.10. The Balaban J connectivity index is 2.12. The van der Waals surface area contributed by atoms with Crippen LogP contribution in [-0.4, -0.2) is 4.92 Å². The zero-order chi connectivity index (χ0) is 14.0. The molecule has 4 nitrogen and oxygen atoms in total. The number of nitro benzene ring substituents is 1. The molecule has 0 aliphatic carbocycles. The molecule has 6 heteroatoms. The van der Waals surface area contributed by atoms with Crippen LogP contribution in [0.25, 0.3) is 0 Å². The van der Waals surface area contributed by atoms with Crippen LogP contribution in [0.15, 0.2) is 29.6 Å². The molecule has 2 rings (SSSR count). The van der Waals surface area contributed by atoms with Crippen molar-refractivity contribution in [2.75, 3.05) is 0 Å². The maximum absolute atomic E-state index is 10.6. The van der Waals surface area contributed by atoms with Crippen molar-refractivity contribution in [1.82, 2.24) is 0 Å². The molecule has 1 aromatic carbocycles.